The minimum absolute atomic E-state index is 0.221. The van der Waals surface area contributed by atoms with E-state index >= 15 is 0 Å². The smallest absolute Gasteiger partial charge is 0.181 e. The molecule has 0 aromatic heterocycles. The molecule has 0 fully saturated rings. The molecule has 1 atom stereocenters. The number of sulfone groups is 1. The summed E-state index contributed by atoms with van der Waals surface area (Å²) in [6, 6.07) is 9.03. The summed E-state index contributed by atoms with van der Waals surface area (Å²) in [7, 11) is -3.20. The van der Waals surface area contributed by atoms with E-state index in [1.165, 1.54) is 77.0 Å². The first-order chi connectivity index (χ1) is 15.6. The lowest BCUT2D eigenvalue weighted by molar-refractivity contribution is 0.523. The summed E-state index contributed by atoms with van der Waals surface area (Å²) in [6.45, 7) is 4.41. The molecule has 0 heterocycles. The standard InChI is InChI=1S/C29H50O2S/c1-3-5-7-8-9-10-11-12-13-14-15-16-17-18-19-21-25-28(24-6-4-2)32(30,31)29-26-22-20-23-27-29/h12-13,20,22-23,26-28H,3-11,14-19,21,24-25H2,1-2H3/b13-12-. The molecule has 0 saturated heterocycles. The maximum absolute atomic E-state index is 13.0. The quantitative estimate of drug-likeness (QED) is 0.135. The number of unbranched alkanes of at least 4 members (excludes halogenated alkanes) is 13. The van der Waals surface area contributed by atoms with Crippen LogP contribution in [0.5, 0.6) is 0 Å². The van der Waals surface area contributed by atoms with Gasteiger partial charge in [-0.1, -0.05) is 121 Å². The van der Waals surface area contributed by atoms with Crippen LogP contribution in [0.15, 0.2) is 47.4 Å². The summed E-state index contributed by atoms with van der Waals surface area (Å²) in [4.78, 5) is 0.491. The molecule has 0 spiro atoms. The summed E-state index contributed by atoms with van der Waals surface area (Å²) < 4.78 is 26.0. The van der Waals surface area contributed by atoms with Crippen molar-refractivity contribution < 1.29 is 8.42 Å². The van der Waals surface area contributed by atoms with Gasteiger partial charge in [0.15, 0.2) is 9.84 Å². The Kier molecular flexibility index (Phi) is 17.5. The Balaban J connectivity index is 2.11. The Labute approximate surface area is 200 Å². The van der Waals surface area contributed by atoms with Gasteiger partial charge in [-0.15, -0.1) is 0 Å². The van der Waals surface area contributed by atoms with E-state index in [9.17, 15) is 8.42 Å². The Bertz CT molecular complexity index is 664. The van der Waals surface area contributed by atoms with Gasteiger partial charge in [0.2, 0.25) is 0 Å². The Hall–Kier alpha value is -1.09. The molecular formula is C29H50O2S. The summed E-state index contributed by atoms with van der Waals surface area (Å²) in [5, 5.41) is -0.221. The molecule has 0 aliphatic heterocycles. The lowest BCUT2D eigenvalue weighted by Crippen LogP contribution is -2.21. The van der Waals surface area contributed by atoms with E-state index < -0.39 is 9.84 Å². The first-order valence-electron chi connectivity index (χ1n) is 13.6. The lowest BCUT2D eigenvalue weighted by atomic mass is 10.0. The Morgan fingerprint density at radius 3 is 1.66 bits per heavy atom. The highest BCUT2D eigenvalue weighted by Crippen LogP contribution is 2.25. The van der Waals surface area contributed by atoms with Crippen molar-refractivity contribution >= 4 is 9.84 Å². The Morgan fingerprint density at radius 1 is 0.625 bits per heavy atom. The van der Waals surface area contributed by atoms with Gasteiger partial charge in [0, 0.05) is 0 Å². The summed E-state index contributed by atoms with van der Waals surface area (Å²) >= 11 is 0. The second-order valence-corrected chi connectivity index (χ2v) is 11.6. The molecule has 1 aromatic rings. The van der Waals surface area contributed by atoms with Crippen molar-refractivity contribution in [3.8, 4) is 0 Å². The zero-order valence-electron chi connectivity index (χ0n) is 21.1. The second kappa shape index (κ2) is 19.4. The molecule has 1 aromatic carbocycles. The van der Waals surface area contributed by atoms with Crippen LogP contribution in [0.1, 0.15) is 129 Å². The monoisotopic (exact) mass is 462 g/mol. The van der Waals surface area contributed by atoms with Crippen LogP contribution in [-0.2, 0) is 9.84 Å². The van der Waals surface area contributed by atoms with E-state index in [1.54, 1.807) is 12.1 Å². The summed E-state index contributed by atoms with van der Waals surface area (Å²) in [5.74, 6) is 0. The van der Waals surface area contributed by atoms with Crippen molar-refractivity contribution in [1.29, 1.82) is 0 Å². The number of rotatable bonds is 21. The number of benzene rings is 1. The molecule has 0 aliphatic carbocycles. The minimum Gasteiger partial charge on any atom is -0.223 e. The van der Waals surface area contributed by atoms with Crippen LogP contribution in [0.3, 0.4) is 0 Å². The van der Waals surface area contributed by atoms with Gasteiger partial charge in [-0.3, -0.25) is 0 Å². The molecular weight excluding hydrogens is 412 g/mol. The molecule has 32 heavy (non-hydrogen) atoms. The molecule has 1 rings (SSSR count). The normalized spacial score (nSPS) is 13.1. The van der Waals surface area contributed by atoms with Crippen molar-refractivity contribution in [3.63, 3.8) is 0 Å². The highest BCUT2D eigenvalue weighted by atomic mass is 32.2. The van der Waals surface area contributed by atoms with Gasteiger partial charge in [0.05, 0.1) is 10.1 Å². The molecule has 0 N–H and O–H groups in total. The highest BCUT2D eigenvalue weighted by Gasteiger charge is 2.26. The minimum atomic E-state index is -3.20. The van der Waals surface area contributed by atoms with E-state index in [4.69, 9.17) is 0 Å². The fourth-order valence-electron chi connectivity index (χ4n) is 4.31. The van der Waals surface area contributed by atoms with Crippen molar-refractivity contribution in [3.05, 3.63) is 42.5 Å². The maximum Gasteiger partial charge on any atom is 0.181 e. The maximum atomic E-state index is 13.0. The molecule has 0 aliphatic rings. The number of allylic oxidation sites excluding steroid dienone is 2. The van der Waals surface area contributed by atoms with Crippen LogP contribution in [0.4, 0.5) is 0 Å². The fourth-order valence-corrected chi connectivity index (χ4v) is 6.18. The van der Waals surface area contributed by atoms with E-state index in [0.717, 1.165) is 38.5 Å². The van der Waals surface area contributed by atoms with Crippen molar-refractivity contribution in [2.75, 3.05) is 0 Å². The second-order valence-electron chi connectivity index (χ2n) is 9.35. The molecule has 1 unspecified atom stereocenters. The Morgan fingerprint density at radius 2 is 1.09 bits per heavy atom. The van der Waals surface area contributed by atoms with Crippen LogP contribution in [0.25, 0.3) is 0 Å². The van der Waals surface area contributed by atoms with Gasteiger partial charge >= 0.3 is 0 Å². The van der Waals surface area contributed by atoms with Crippen LogP contribution >= 0.6 is 0 Å². The number of hydrogen-bond acceptors (Lipinski definition) is 2. The predicted molar refractivity (Wildman–Crippen MR) is 141 cm³/mol. The van der Waals surface area contributed by atoms with Gasteiger partial charge in [-0.2, -0.15) is 0 Å². The average Bonchev–Trinajstić information content (AvgIpc) is 2.81. The van der Waals surface area contributed by atoms with Gasteiger partial charge in [0.1, 0.15) is 0 Å². The first-order valence-corrected chi connectivity index (χ1v) is 15.1. The molecule has 184 valence electrons. The lowest BCUT2D eigenvalue weighted by Gasteiger charge is -2.17. The van der Waals surface area contributed by atoms with E-state index in [2.05, 4.69) is 26.0 Å². The van der Waals surface area contributed by atoms with Gasteiger partial charge in [-0.25, -0.2) is 8.42 Å². The van der Waals surface area contributed by atoms with Crippen molar-refractivity contribution in [2.45, 2.75) is 140 Å². The molecule has 2 nitrogen and oxygen atoms in total. The average molecular weight is 463 g/mol. The van der Waals surface area contributed by atoms with Crippen molar-refractivity contribution in [2.24, 2.45) is 0 Å². The third kappa shape index (κ3) is 13.5. The molecule has 0 bridgehead atoms. The fraction of sp³-hybridized carbons (Fsp3) is 0.724. The topological polar surface area (TPSA) is 34.1 Å². The molecule has 0 saturated carbocycles. The van der Waals surface area contributed by atoms with Gasteiger partial charge < -0.3 is 0 Å². The largest absolute Gasteiger partial charge is 0.223 e. The molecule has 3 heteroatoms. The summed E-state index contributed by atoms with van der Waals surface area (Å²) in [6.07, 6.45) is 26.4. The van der Waals surface area contributed by atoms with E-state index in [0.29, 0.717) is 4.90 Å². The predicted octanol–water partition coefficient (Wildman–Crippen LogP) is 9.45. The third-order valence-corrected chi connectivity index (χ3v) is 8.71. The summed E-state index contributed by atoms with van der Waals surface area (Å²) in [5.41, 5.74) is 0. The highest BCUT2D eigenvalue weighted by molar-refractivity contribution is 7.92. The first kappa shape index (κ1) is 28.9. The van der Waals surface area contributed by atoms with Crippen LogP contribution in [0, 0.1) is 0 Å². The van der Waals surface area contributed by atoms with E-state index in [1.807, 2.05) is 18.2 Å². The van der Waals surface area contributed by atoms with Crippen molar-refractivity contribution in [1.82, 2.24) is 0 Å². The number of hydrogen-bond donors (Lipinski definition) is 0. The van der Waals surface area contributed by atoms with Gasteiger partial charge in [0.25, 0.3) is 0 Å². The van der Waals surface area contributed by atoms with Crippen LogP contribution in [0.2, 0.25) is 0 Å². The van der Waals surface area contributed by atoms with Crippen LogP contribution in [-0.4, -0.2) is 13.7 Å². The zero-order chi connectivity index (χ0) is 23.3. The van der Waals surface area contributed by atoms with Crippen LogP contribution < -0.4 is 0 Å². The molecule has 0 amide bonds. The molecule has 0 radical (unpaired) electrons. The van der Waals surface area contributed by atoms with E-state index in [-0.39, 0.29) is 5.25 Å². The SMILES string of the molecule is CCCCCCCC/C=C\CCCCCCCCC(CCCC)S(=O)(=O)c1ccccc1. The third-order valence-electron chi connectivity index (χ3n) is 6.43. The zero-order valence-corrected chi connectivity index (χ0v) is 21.9. The van der Waals surface area contributed by atoms with Gasteiger partial charge in [-0.05, 0) is 50.7 Å².